The van der Waals surface area contributed by atoms with E-state index in [-0.39, 0.29) is 0 Å². The van der Waals surface area contributed by atoms with Crippen LogP contribution >= 0.6 is 0 Å². The Kier molecular flexibility index (Phi) is 6.51. The molecular formula is C15H18O3. The predicted octanol–water partition coefficient (Wildman–Crippen LogP) is 3.18. The summed E-state index contributed by atoms with van der Waals surface area (Å²) in [6, 6.07) is 9.88. The lowest BCUT2D eigenvalue weighted by Gasteiger charge is -2.06. The number of rotatable bonds is 8. The second-order valence-corrected chi connectivity index (χ2v) is 3.92. The summed E-state index contributed by atoms with van der Waals surface area (Å²) in [5.41, 5.74) is 1.94. The van der Waals surface area contributed by atoms with Gasteiger partial charge in [-0.2, -0.15) is 0 Å². The molecule has 3 heteroatoms. The molecule has 0 aromatic heterocycles. The van der Waals surface area contributed by atoms with E-state index in [9.17, 15) is 4.79 Å². The first-order valence-electron chi connectivity index (χ1n) is 5.87. The lowest BCUT2D eigenvalue weighted by molar-refractivity contribution is -0.131. The van der Waals surface area contributed by atoms with Crippen molar-refractivity contribution in [2.24, 2.45) is 0 Å². The first-order chi connectivity index (χ1) is 8.72. The van der Waals surface area contributed by atoms with Gasteiger partial charge in [-0.25, -0.2) is 4.79 Å². The first kappa shape index (κ1) is 14.2. The molecule has 1 aromatic carbocycles. The molecule has 0 atom stereocenters. The van der Waals surface area contributed by atoms with E-state index in [0.29, 0.717) is 26.1 Å². The Bertz CT molecular complexity index is 407. The number of hydrogen-bond acceptors (Lipinski definition) is 2. The van der Waals surface area contributed by atoms with Gasteiger partial charge in [0.05, 0.1) is 13.2 Å². The van der Waals surface area contributed by atoms with Crippen LogP contribution in [0.5, 0.6) is 0 Å². The van der Waals surface area contributed by atoms with Crippen LogP contribution < -0.4 is 0 Å². The monoisotopic (exact) mass is 246 g/mol. The highest BCUT2D eigenvalue weighted by atomic mass is 16.5. The first-order valence-corrected chi connectivity index (χ1v) is 5.87. The molecule has 0 saturated carbocycles. The van der Waals surface area contributed by atoms with Gasteiger partial charge in [0, 0.05) is 6.08 Å². The molecule has 0 aliphatic rings. The summed E-state index contributed by atoms with van der Waals surface area (Å²) in [4.78, 5) is 10.6. The van der Waals surface area contributed by atoms with E-state index in [2.05, 4.69) is 6.58 Å². The van der Waals surface area contributed by atoms with Gasteiger partial charge in [0.15, 0.2) is 0 Å². The molecular weight excluding hydrogens is 228 g/mol. The fourth-order valence-electron chi connectivity index (χ4n) is 1.56. The maximum absolute atomic E-state index is 10.6. The number of benzene rings is 1. The minimum absolute atomic E-state index is 0.516. The van der Waals surface area contributed by atoms with Crippen LogP contribution in [0.3, 0.4) is 0 Å². The van der Waals surface area contributed by atoms with Crippen molar-refractivity contribution in [2.45, 2.75) is 19.4 Å². The Morgan fingerprint density at radius 3 is 2.67 bits per heavy atom. The van der Waals surface area contributed by atoms with E-state index < -0.39 is 5.97 Å². The van der Waals surface area contributed by atoms with E-state index in [1.165, 1.54) is 6.08 Å². The van der Waals surface area contributed by atoms with Gasteiger partial charge in [0.25, 0.3) is 0 Å². The molecule has 0 amide bonds. The molecule has 3 nitrogen and oxygen atoms in total. The molecule has 0 bridgehead atoms. The molecule has 96 valence electrons. The Hall–Kier alpha value is -1.87. The van der Waals surface area contributed by atoms with Crippen LogP contribution in [0.2, 0.25) is 0 Å². The summed E-state index contributed by atoms with van der Waals surface area (Å²) in [7, 11) is 0. The average Bonchev–Trinajstić information content (AvgIpc) is 2.35. The highest BCUT2D eigenvalue weighted by molar-refractivity contribution is 5.80. The fraction of sp³-hybridized carbons (Fsp3) is 0.267. The van der Waals surface area contributed by atoms with Crippen molar-refractivity contribution in [3.63, 3.8) is 0 Å². The molecule has 1 rings (SSSR count). The second-order valence-electron chi connectivity index (χ2n) is 3.92. The van der Waals surface area contributed by atoms with E-state index in [1.54, 1.807) is 6.08 Å². The topological polar surface area (TPSA) is 46.5 Å². The maximum Gasteiger partial charge on any atom is 0.328 e. The van der Waals surface area contributed by atoms with Gasteiger partial charge in [0.1, 0.15) is 0 Å². The number of carboxylic acids is 1. The highest BCUT2D eigenvalue weighted by Gasteiger charge is 2.00. The number of allylic oxidation sites excluding steroid dienone is 1. The third kappa shape index (κ3) is 6.01. The minimum Gasteiger partial charge on any atom is -0.478 e. The zero-order valence-corrected chi connectivity index (χ0v) is 10.3. The Labute approximate surface area is 107 Å². The number of hydrogen-bond donors (Lipinski definition) is 1. The SMILES string of the molecule is C=CC/C(=C\C(=O)O)CCOCc1ccccc1. The molecule has 0 fully saturated rings. The van der Waals surface area contributed by atoms with Crippen molar-refractivity contribution < 1.29 is 14.6 Å². The van der Waals surface area contributed by atoms with Crippen LogP contribution in [0.25, 0.3) is 0 Å². The van der Waals surface area contributed by atoms with Crippen molar-refractivity contribution in [1.29, 1.82) is 0 Å². The Morgan fingerprint density at radius 2 is 2.06 bits per heavy atom. The molecule has 0 aliphatic heterocycles. The van der Waals surface area contributed by atoms with E-state index in [0.717, 1.165) is 11.1 Å². The minimum atomic E-state index is -0.921. The predicted molar refractivity (Wildman–Crippen MR) is 71.2 cm³/mol. The van der Waals surface area contributed by atoms with Crippen LogP contribution in [0.15, 0.2) is 54.6 Å². The van der Waals surface area contributed by atoms with Gasteiger partial charge in [-0.15, -0.1) is 6.58 Å². The number of carboxylic acid groups (broad SMARTS) is 1. The van der Waals surface area contributed by atoms with E-state index in [4.69, 9.17) is 9.84 Å². The van der Waals surface area contributed by atoms with Crippen LogP contribution in [-0.2, 0) is 16.1 Å². The summed E-state index contributed by atoms with van der Waals surface area (Å²) in [6.45, 7) is 4.68. The Morgan fingerprint density at radius 1 is 1.33 bits per heavy atom. The Balaban J connectivity index is 2.31. The van der Waals surface area contributed by atoms with Gasteiger partial charge >= 0.3 is 5.97 Å². The normalized spacial score (nSPS) is 11.2. The molecule has 0 radical (unpaired) electrons. The van der Waals surface area contributed by atoms with Crippen LogP contribution in [0, 0.1) is 0 Å². The quantitative estimate of drug-likeness (QED) is 0.435. The van der Waals surface area contributed by atoms with Crippen LogP contribution in [0.1, 0.15) is 18.4 Å². The largest absolute Gasteiger partial charge is 0.478 e. The molecule has 18 heavy (non-hydrogen) atoms. The summed E-state index contributed by atoms with van der Waals surface area (Å²) in [5, 5.41) is 8.69. The summed E-state index contributed by atoms with van der Waals surface area (Å²) in [6.07, 6.45) is 4.13. The molecule has 1 N–H and O–H groups in total. The van der Waals surface area contributed by atoms with Gasteiger partial charge in [-0.3, -0.25) is 0 Å². The second kappa shape index (κ2) is 8.25. The van der Waals surface area contributed by atoms with Crippen LogP contribution in [0.4, 0.5) is 0 Å². The summed E-state index contributed by atoms with van der Waals surface area (Å²) >= 11 is 0. The van der Waals surface area contributed by atoms with E-state index >= 15 is 0 Å². The van der Waals surface area contributed by atoms with Crippen LogP contribution in [-0.4, -0.2) is 17.7 Å². The van der Waals surface area contributed by atoms with Crippen molar-refractivity contribution in [1.82, 2.24) is 0 Å². The lowest BCUT2D eigenvalue weighted by Crippen LogP contribution is -1.99. The maximum atomic E-state index is 10.6. The van der Waals surface area contributed by atoms with Gasteiger partial charge in [0.2, 0.25) is 0 Å². The van der Waals surface area contributed by atoms with Gasteiger partial charge in [-0.1, -0.05) is 42.0 Å². The molecule has 0 heterocycles. The molecule has 1 aromatic rings. The lowest BCUT2D eigenvalue weighted by atomic mass is 10.1. The zero-order chi connectivity index (χ0) is 13.2. The van der Waals surface area contributed by atoms with Crippen molar-refractivity contribution in [3.8, 4) is 0 Å². The molecule has 0 aliphatic carbocycles. The highest BCUT2D eigenvalue weighted by Crippen LogP contribution is 2.09. The summed E-state index contributed by atoms with van der Waals surface area (Å²) in [5.74, 6) is -0.921. The van der Waals surface area contributed by atoms with Gasteiger partial charge < -0.3 is 9.84 Å². The zero-order valence-electron chi connectivity index (χ0n) is 10.3. The smallest absolute Gasteiger partial charge is 0.328 e. The number of aliphatic carboxylic acids is 1. The number of carbonyl (C=O) groups is 1. The average molecular weight is 246 g/mol. The van der Waals surface area contributed by atoms with Crippen molar-refractivity contribution in [3.05, 3.63) is 60.2 Å². The molecule has 0 spiro atoms. The van der Waals surface area contributed by atoms with Crippen molar-refractivity contribution >= 4 is 5.97 Å². The summed E-state index contributed by atoms with van der Waals surface area (Å²) < 4.78 is 5.51. The molecule has 0 saturated heterocycles. The van der Waals surface area contributed by atoms with Gasteiger partial charge in [-0.05, 0) is 18.4 Å². The fourth-order valence-corrected chi connectivity index (χ4v) is 1.56. The van der Waals surface area contributed by atoms with Crippen molar-refractivity contribution in [2.75, 3.05) is 6.61 Å². The standard InChI is InChI=1S/C15H18O3/c1-2-6-13(11-15(16)17)9-10-18-12-14-7-4-3-5-8-14/h2-5,7-8,11H,1,6,9-10,12H2,(H,16,17)/b13-11+. The third-order valence-electron chi connectivity index (χ3n) is 2.41. The molecule has 0 unspecified atom stereocenters. The van der Waals surface area contributed by atoms with E-state index in [1.807, 2.05) is 30.3 Å². The third-order valence-corrected chi connectivity index (χ3v) is 2.41. The number of ether oxygens (including phenoxy) is 1.